The number of hydrogen-bond donors (Lipinski definition) is 0. The van der Waals surface area contributed by atoms with Crippen LogP contribution in [0.1, 0.15) is 71.1 Å². The molecule has 23 heavy (non-hydrogen) atoms. The van der Waals surface area contributed by atoms with Crippen LogP contribution in [0, 0.1) is 11.3 Å². The maximum absolute atomic E-state index is 12.7. The van der Waals surface area contributed by atoms with Crippen molar-refractivity contribution in [2.75, 3.05) is 0 Å². The normalized spacial score (nSPS) is 18.7. The predicted molar refractivity (Wildman–Crippen MR) is 84.4 cm³/mol. The Hall–Kier alpha value is -2.07. The second-order valence-corrected chi connectivity index (χ2v) is 7.10. The Morgan fingerprint density at radius 3 is 3.00 bits per heavy atom. The number of ketones is 1. The summed E-state index contributed by atoms with van der Waals surface area (Å²) in [4.78, 5) is 17.2. The molecule has 0 radical (unpaired) electrons. The van der Waals surface area contributed by atoms with E-state index in [-0.39, 0.29) is 5.78 Å². The van der Waals surface area contributed by atoms with Crippen LogP contribution in [0.2, 0.25) is 0 Å². The molecule has 4 rings (SSSR count). The van der Waals surface area contributed by atoms with Crippen LogP contribution in [0.5, 0.6) is 0 Å². The van der Waals surface area contributed by atoms with Crippen molar-refractivity contribution in [3.8, 4) is 6.07 Å². The standard InChI is InChI=1S/C16H17N5OS/c17-8-11(14(22)12-9-23-16(18-12)10-5-6-10)15-20-19-13-4-2-1-3-7-21(13)15/h9-11H,1-7H2/t11-/m0/s1. The van der Waals surface area contributed by atoms with Gasteiger partial charge < -0.3 is 4.57 Å². The molecule has 2 aromatic heterocycles. The van der Waals surface area contributed by atoms with Gasteiger partial charge >= 0.3 is 0 Å². The number of rotatable bonds is 4. The van der Waals surface area contributed by atoms with E-state index in [1.54, 1.807) is 5.38 Å². The number of thiazole rings is 1. The molecule has 2 aliphatic rings. The van der Waals surface area contributed by atoms with E-state index in [9.17, 15) is 10.1 Å². The Kier molecular flexibility index (Phi) is 3.69. The van der Waals surface area contributed by atoms with Crippen LogP contribution in [-0.2, 0) is 13.0 Å². The lowest BCUT2D eigenvalue weighted by molar-refractivity contribution is 0.0970. The van der Waals surface area contributed by atoms with E-state index < -0.39 is 5.92 Å². The van der Waals surface area contributed by atoms with Crippen LogP contribution < -0.4 is 0 Å². The molecule has 0 aromatic carbocycles. The van der Waals surface area contributed by atoms with Gasteiger partial charge in [0.25, 0.3) is 0 Å². The molecule has 118 valence electrons. The molecule has 0 N–H and O–H groups in total. The van der Waals surface area contributed by atoms with Gasteiger partial charge in [-0.1, -0.05) is 6.42 Å². The lowest BCUT2D eigenvalue weighted by atomic mass is 10.0. The van der Waals surface area contributed by atoms with Gasteiger partial charge in [0, 0.05) is 24.3 Å². The van der Waals surface area contributed by atoms with E-state index >= 15 is 0 Å². The van der Waals surface area contributed by atoms with E-state index in [0.29, 0.717) is 17.4 Å². The van der Waals surface area contributed by atoms with Crippen LogP contribution in [0.4, 0.5) is 0 Å². The van der Waals surface area contributed by atoms with E-state index in [2.05, 4.69) is 21.3 Å². The molecule has 0 amide bonds. The lowest BCUT2D eigenvalue weighted by Crippen LogP contribution is -2.18. The number of hydrogen-bond acceptors (Lipinski definition) is 6. The monoisotopic (exact) mass is 327 g/mol. The van der Waals surface area contributed by atoms with Crippen molar-refractivity contribution in [3.63, 3.8) is 0 Å². The number of aromatic nitrogens is 4. The molecule has 1 aliphatic heterocycles. The predicted octanol–water partition coefficient (Wildman–Crippen LogP) is 2.83. The quantitative estimate of drug-likeness (QED) is 0.806. The van der Waals surface area contributed by atoms with E-state index in [4.69, 9.17) is 0 Å². The zero-order valence-corrected chi connectivity index (χ0v) is 13.6. The third kappa shape index (κ3) is 2.68. The third-order valence-electron chi connectivity index (χ3n) is 4.49. The average molecular weight is 327 g/mol. The summed E-state index contributed by atoms with van der Waals surface area (Å²) in [5.41, 5.74) is 0.398. The Morgan fingerprint density at radius 2 is 2.22 bits per heavy atom. The molecule has 3 heterocycles. The van der Waals surface area contributed by atoms with Crippen molar-refractivity contribution in [3.05, 3.63) is 27.7 Å². The maximum atomic E-state index is 12.7. The lowest BCUT2D eigenvalue weighted by Gasteiger charge is -2.09. The number of carbonyl (C=O) groups excluding carboxylic acids is 1. The summed E-state index contributed by atoms with van der Waals surface area (Å²) in [5.74, 6) is 0.725. The Bertz CT molecular complexity index is 783. The second kappa shape index (κ2) is 5.85. The molecule has 1 saturated carbocycles. The van der Waals surface area contributed by atoms with Gasteiger partial charge in [-0.2, -0.15) is 5.26 Å². The minimum absolute atomic E-state index is 0.255. The van der Waals surface area contributed by atoms with E-state index in [0.717, 1.165) is 55.9 Å². The highest BCUT2D eigenvalue weighted by Gasteiger charge is 2.32. The molecule has 0 saturated heterocycles. The number of nitriles is 1. The third-order valence-corrected chi connectivity index (χ3v) is 5.50. The van der Waals surface area contributed by atoms with Gasteiger partial charge in [-0.25, -0.2) is 4.98 Å². The van der Waals surface area contributed by atoms with Crippen molar-refractivity contribution >= 4 is 17.1 Å². The SMILES string of the molecule is N#C[C@@H](C(=O)c1csc(C2CC2)n1)c1nnc2n1CCCCC2. The molecule has 1 atom stereocenters. The number of fused-ring (bicyclic) bond motifs is 1. The molecule has 0 bridgehead atoms. The van der Waals surface area contributed by atoms with E-state index in [1.165, 1.54) is 11.3 Å². The highest BCUT2D eigenvalue weighted by molar-refractivity contribution is 7.10. The van der Waals surface area contributed by atoms with Gasteiger partial charge in [0.1, 0.15) is 11.5 Å². The zero-order valence-electron chi connectivity index (χ0n) is 12.7. The smallest absolute Gasteiger partial charge is 0.206 e. The first-order valence-electron chi connectivity index (χ1n) is 8.09. The summed E-state index contributed by atoms with van der Waals surface area (Å²) in [6, 6.07) is 2.12. The molecule has 1 fully saturated rings. The van der Waals surface area contributed by atoms with Gasteiger partial charge in [-0.3, -0.25) is 4.79 Å². The fraction of sp³-hybridized carbons (Fsp3) is 0.562. The summed E-state index contributed by atoms with van der Waals surface area (Å²) in [5, 5.41) is 20.7. The summed E-state index contributed by atoms with van der Waals surface area (Å²) in [7, 11) is 0. The molecule has 1 aliphatic carbocycles. The molecule has 2 aromatic rings. The molecule has 0 unspecified atom stereocenters. The Labute approximate surface area is 138 Å². The molecular weight excluding hydrogens is 310 g/mol. The summed E-state index contributed by atoms with van der Waals surface area (Å²) >= 11 is 1.52. The van der Waals surface area contributed by atoms with Crippen molar-refractivity contribution in [2.24, 2.45) is 0 Å². The van der Waals surface area contributed by atoms with Crippen LogP contribution in [-0.4, -0.2) is 25.5 Å². The highest BCUT2D eigenvalue weighted by Crippen LogP contribution is 2.41. The molecule has 6 nitrogen and oxygen atoms in total. The number of nitrogens with zero attached hydrogens (tertiary/aromatic N) is 5. The van der Waals surface area contributed by atoms with Crippen LogP contribution in [0.3, 0.4) is 0 Å². The van der Waals surface area contributed by atoms with Crippen LogP contribution in [0.15, 0.2) is 5.38 Å². The van der Waals surface area contributed by atoms with Crippen molar-refractivity contribution in [2.45, 2.75) is 56.9 Å². The fourth-order valence-electron chi connectivity index (χ4n) is 3.02. The van der Waals surface area contributed by atoms with Gasteiger partial charge in [0.2, 0.25) is 5.78 Å². The molecular formula is C16H17N5OS. The van der Waals surface area contributed by atoms with Crippen molar-refractivity contribution in [1.29, 1.82) is 5.26 Å². The van der Waals surface area contributed by atoms with Crippen molar-refractivity contribution < 1.29 is 4.79 Å². The van der Waals surface area contributed by atoms with Crippen molar-refractivity contribution in [1.82, 2.24) is 19.7 Å². The Balaban J connectivity index is 1.64. The van der Waals surface area contributed by atoms with Gasteiger partial charge in [-0.05, 0) is 25.7 Å². The van der Waals surface area contributed by atoms with Gasteiger partial charge in [0.05, 0.1) is 11.1 Å². The minimum atomic E-state index is -0.913. The molecule has 0 spiro atoms. The summed E-state index contributed by atoms with van der Waals surface area (Å²) < 4.78 is 1.97. The number of Topliss-reactive ketones (excluding diaryl/α,β-unsaturated/α-hetero) is 1. The Morgan fingerprint density at radius 1 is 1.35 bits per heavy atom. The first-order chi connectivity index (χ1) is 11.3. The van der Waals surface area contributed by atoms with Crippen LogP contribution in [0.25, 0.3) is 0 Å². The second-order valence-electron chi connectivity index (χ2n) is 6.21. The topological polar surface area (TPSA) is 84.5 Å². The summed E-state index contributed by atoms with van der Waals surface area (Å²) in [6.07, 6.45) is 6.43. The maximum Gasteiger partial charge on any atom is 0.206 e. The average Bonchev–Trinajstić information content (AvgIpc) is 3.25. The fourth-order valence-corrected chi connectivity index (χ4v) is 4.00. The highest BCUT2D eigenvalue weighted by atomic mass is 32.1. The first-order valence-corrected chi connectivity index (χ1v) is 8.97. The number of aryl methyl sites for hydroxylation is 1. The summed E-state index contributed by atoms with van der Waals surface area (Å²) in [6.45, 7) is 0.785. The van der Waals surface area contributed by atoms with E-state index in [1.807, 2.05) is 4.57 Å². The van der Waals surface area contributed by atoms with Gasteiger partial charge in [0.15, 0.2) is 11.7 Å². The zero-order chi connectivity index (χ0) is 15.8. The first kappa shape index (κ1) is 14.5. The number of carbonyl (C=O) groups is 1. The molecule has 7 heteroatoms. The largest absolute Gasteiger partial charge is 0.313 e. The van der Waals surface area contributed by atoms with Crippen LogP contribution >= 0.6 is 11.3 Å². The van der Waals surface area contributed by atoms with Gasteiger partial charge in [-0.15, -0.1) is 21.5 Å². The minimum Gasteiger partial charge on any atom is -0.313 e.